The van der Waals surface area contributed by atoms with E-state index in [2.05, 4.69) is 29.4 Å². The number of amides is 1. The van der Waals surface area contributed by atoms with Crippen molar-refractivity contribution in [3.05, 3.63) is 65.2 Å². The Balaban J connectivity index is 1.43. The van der Waals surface area contributed by atoms with Gasteiger partial charge in [0.25, 0.3) is 0 Å². The summed E-state index contributed by atoms with van der Waals surface area (Å²) in [7, 11) is 0. The second-order valence-electron chi connectivity index (χ2n) is 8.96. The number of hydrogen-bond donors (Lipinski definition) is 2. The van der Waals surface area contributed by atoms with E-state index in [-0.39, 0.29) is 11.2 Å². The monoisotopic (exact) mass is 392 g/mol. The molecule has 2 aromatic rings. The number of halogens is 1. The van der Waals surface area contributed by atoms with Gasteiger partial charge in [0.05, 0.1) is 6.20 Å². The van der Waals surface area contributed by atoms with Crippen LogP contribution in [-0.4, -0.2) is 16.2 Å². The minimum Gasteiger partial charge on any atom is -0.465 e. The summed E-state index contributed by atoms with van der Waals surface area (Å²) in [5.74, 6) is 1.41. The Morgan fingerprint density at radius 1 is 1.28 bits per heavy atom. The number of aryl methyl sites for hydroxylation is 1. The highest BCUT2D eigenvalue weighted by Crippen LogP contribution is 2.63. The van der Waals surface area contributed by atoms with Gasteiger partial charge < -0.3 is 5.11 Å². The molecule has 3 aliphatic rings. The van der Waals surface area contributed by atoms with E-state index in [4.69, 9.17) is 5.11 Å². The van der Waals surface area contributed by atoms with Gasteiger partial charge in [0.2, 0.25) is 0 Å². The van der Waals surface area contributed by atoms with E-state index in [1.54, 1.807) is 12.3 Å². The fourth-order valence-electron chi connectivity index (χ4n) is 6.36. The molecule has 1 aromatic heterocycles. The Labute approximate surface area is 169 Å². The first-order chi connectivity index (χ1) is 14.0. The van der Waals surface area contributed by atoms with Crippen LogP contribution in [-0.2, 0) is 6.42 Å². The normalized spacial score (nSPS) is 30.0. The highest BCUT2D eigenvalue weighted by Gasteiger charge is 2.51. The quantitative estimate of drug-likeness (QED) is 0.673. The summed E-state index contributed by atoms with van der Waals surface area (Å²) in [6, 6.07) is 7.63. The van der Waals surface area contributed by atoms with Crippen LogP contribution in [0.3, 0.4) is 0 Å². The largest absolute Gasteiger partial charge is 0.465 e. The van der Waals surface area contributed by atoms with Crippen molar-refractivity contribution >= 4 is 17.4 Å². The average molecular weight is 392 g/mol. The van der Waals surface area contributed by atoms with Crippen molar-refractivity contribution < 1.29 is 14.3 Å². The molecule has 150 valence electrons. The van der Waals surface area contributed by atoms with Gasteiger partial charge in [-0.25, -0.2) is 9.18 Å². The van der Waals surface area contributed by atoms with Crippen LogP contribution in [0.1, 0.15) is 55.2 Å². The van der Waals surface area contributed by atoms with Gasteiger partial charge in [0.15, 0.2) is 0 Å². The molecule has 5 heteroatoms. The Hall–Kier alpha value is -2.69. The van der Waals surface area contributed by atoms with Crippen LogP contribution >= 0.6 is 0 Å². The molecule has 0 unspecified atom stereocenters. The number of pyridine rings is 1. The van der Waals surface area contributed by atoms with Gasteiger partial charge in [0, 0.05) is 11.9 Å². The van der Waals surface area contributed by atoms with Gasteiger partial charge in [-0.1, -0.05) is 19.1 Å². The number of hydrogen-bond acceptors (Lipinski definition) is 2. The second kappa shape index (κ2) is 6.68. The van der Waals surface area contributed by atoms with Gasteiger partial charge in [-0.15, -0.1) is 0 Å². The molecule has 0 radical (unpaired) electrons. The smallest absolute Gasteiger partial charge is 0.409 e. The number of allylic oxidation sites excluding steroid dienone is 2. The molecule has 1 amide bonds. The Bertz CT molecular complexity index is 1020. The second-order valence-corrected chi connectivity index (χ2v) is 8.96. The van der Waals surface area contributed by atoms with Crippen LogP contribution in [0.4, 0.5) is 14.9 Å². The number of nitrogens with one attached hydrogen (secondary N) is 1. The molecule has 0 saturated heterocycles. The fraction of sp³-hybridized carbons (Fsp3) is 0.417. The Kier molecular flexibility index (Phi) is 4.23. The summed E-state index contributed by atoms with van der Waals surface area (Å²) in [5.41, 5.74) is 5.58. The molecule has 0 aliphatic heterocycles. The van der Waals surface area contributed by atoms with Gasteiger partial charge in [-0.3, -0.25) is 10.3 Å². The van der Waals surface area contributed by atoms with E-state index in [1.807, 2.05) is 12.1 Å². The number of fused-ring (bicyclic) bond motifs is 5. The number of aromatic nitrogens is 1. The summed E-state index contributed by atoms with van der Waals surface area (Å²) in [6.07, 6.45) is 9.68. The minimum absolute atomic E-state index is 0.0684. The zero-order valence-corrected chi connectivity index (χ0v) is 16.5. The molecule has 5 rings (SSSR count). The van der Waals surface area contributed by atoms with E-state index in [1.165, 1.54) is 22.9 Å². The van der Waals surface area contributed by atoms with Crippen LogP contribution in [0, 0.1) is 23.1 Å². The van der Waals surface area contributed by atoms with Crippen LogP contribution in [0.2, 0.25) is 0 Å². The zero-order chi connectivity index (χ0) is 20.2. The van der Waals surface area contributed by atoms with Crippen molar-refractivity contribution in [2.75, 3.05) is 5.32 Å². The van der Waals surface area contributed by atoms with Crippen LogP contribution in [0.5, 0.6) is 0 Å². The van der Waals surface area contributed by atoms with Crippen LogP contribution in [0.25, 0.3) is 5.57 Å². The van der Waals surface area contributed by atoms with Crippen molar-refractivity contribution in [1.29, 1.82) is 0 Å². The van der Waals surface area contributed by atoms with Crippen molar-refractivity contribution in [2.45, 2.75) is 44.9 Å². The summed E-state index contributed by atoms with van der Waals surface area (Å²) in [5, 5.41) is 11.5. The lowest BCUT2D eigenvalue weighted by atomic mass is 9.54. The standard InChI is InChI=1S/C24H25FN2O2/c1-24-9-8-19-18-5-3-17(27-23(28)29)11-14(18)2-4-20(19)22(24)7-6-21(24)15-10-16(25)13-26-12-15/h3,5-6,10-13,19-20,22,27H,2,4,7-9H2,1H3,(H,28,29)/t19-,20-,22+,24-/m1/s1. The van der Waals surface area contributed by atoms with E-state index >= 15 is 0 Å². The molecule has 1 saturated carbocycles. The minimum atomic E-state index is -1.02. The van der Waals surface area contributed by atoms with E-state index in [0.717, 1.165) is 37.7 Å². The predicted octanol–water partition coefficient (Wildman–Crippen LogP) is 5.86. The average Bonchev–Trinajstić information content (AvgIpc) is 3.04. The maximum Gasteiger partial charge on any atom is 0.409 e. The lowest BCUT2D eigenvalue weighted by molar-refractivity contribution is 0.0886. The highest BCUT2D eigenvalue weighted by atomic mass is 19.1. The lowest BCUT2D eigenvalue weighted by Gasteiger charge is -2.50. The summed E-state index contributed by atoms with van der Waals surface area (Å²) in [6.45, 7) is 2.35. The van der Waals surface area contributed by atoms with E-state index in [9.17, 15) is 9.18 Å². The van der Waals surface area contributed by atoms with Gasteiger partial charge in [0.1, 0.15) is 5.82 Å². The van der Waals surface area contributed by atoms with E-state index in [0.29, 0.717) is 23.4 Å². The van der Waals surface area contributed by atoms with Crippen molar-refractivity contribution in [3.8, 4) is 0 Å². The third-order valence-corrected chi connectivity index (χ3v) is 7.57. The van der Waals surface area contributed by atoms with Crippen LogP contribution in [0.15, 0.2) is 42.7 Å². The number of rotatable bonds is 2. The number of carboxylic acid groups (broad SMARTS) is 1. The van der Waals surface area contributed by atoms with Crippen LogP contribution < -0.4 is 5.32 Å². The molecule has 3 aliphatic carbocycles. The first-order valence-electron chi connectivity index (χ1n) is 10.4. The molecule has 0 spiro atoms. The number of benzene rings is 1. The van der Waals surface area contributed by atoms with Crippen molar-refractivity contribution in [1.82, 2.24) is 4.98 Å². The molecule has 1 aromatic carbocycles. The van der Waals surface area contributed by atoms with Crippen molar-refractivity contribution in [3.63, 3.8) is 0 Å². The first kappa shape index (κ1) is 18.3. The predicted molar refractivity (Wildman–Crippen MR) is 110 cm³/mol. The summed E-state index contributed by atoms with van der Waals surface area (Å²) < 4.78 is 13.8. The molecule has 29 heavy (non-hydrogen) atoms. The molecule has 2 N–H and O–H groups in total. The van der Waals surface area contributed by atoms with E-state index < -0.39 is 6.09 Å². The highest BCUT2D eigenvalue weighted by molar-refractivity contribution is 5.83. The molecule has 1 fully saturated rings. The number of carbonyl (C=O) groups is 1. The summed E-state index contributed by atoms with van der Waals surface area (Å²) in [4.78, 5) is 15.0. The third kappa shape index (κ3) is 2.95. The van der Waals surface area contributed by atoms with Gasteiger partial charge >= 0.3 is 6.09 Å². The fourth-order valence-corrected chi connectivity index (χ4v) is 6.36. The SMILES string of the molecule is C[C@]12CC[C@@H]3c4ccc(NC(=O)O)cc4CC[C@H]3[C@@H]1CC=C2c1cncc(F)c1. The Morgan fingerprint density at radius 3 is 2.93 bits per heavy atom. The van der Waals surface area contributed by atoms with Gasteiger partial charge in [-0.2, -0.15) is 0 Å². The van der Waals surface area contributed by atoms with Crippen molar-refractivity contribution in [2.24, 2.45) is 17.3 Å². The maximum atomic E-state index is 13.8. The molecule has 4 nitrogen and oxygen atoms in total. The molecule has 0 bridgehead atoms. The maximum absolute atomic E-state index is 13.8. The number of nitrogens with zero attached hydrogens (tertiary/aromatic N) is 1. The lowest BCUT2D eigenvalue weighted by Crippen LogP contribution is -2.40. The summed E-state index contributed by atoms with van der Waals surface area (Å²) >= 11 is 0. The molecular weight excluding hydrogens is 367 g/mol. The first-order valence-corrected chi connectivity index (χ1v) is 10.4. The molecule has 4 atom stereocenters. The Morgan fingerprint density at radius 2 is 2.14 bits per heavy atom. The number of anilines is 1. The van der Waals surface area contributed by atoms with Gasteiger partial charge in [-0.05, 0) is 95.7 Å². The molecular formula is C24H25FN2O2. The zero-order valence-electron chi connectivity index (χ0n) is 16.5. The molecule has 1 heterocycles. The third-order valence-electron chi connectivity index (χ3n) is 7.57. The topological polar surface area (TPSA) is 62.2 Å².